The Hall–Kier alpha value is -2.53. The summed E-state index contributed by atoms with van der Waals surface area (Å²) in [5.41, 5.74) is 8.05. The highest BCUT2D eigenvalue weighted by atomic mass is 16.5. The van der Waals surface area contributed by atoms with Crippen molar-refractivity contribution in [3.63, 3.8) is 0 Å². The van der Waals surface area contributed by atoms with Crippen LogP contribution in [0.15, 0.2) is 43.1 Å². The van der Waals surface area contributed by atoms with E-state index in [0.717, 1.165) is 24.2 Å². The number of ether oxygens (including phenoxy) is 2. The van der Waals surface area contributed by atoms with Gasteiger partial charge in [0.25, 0.3) is 0 Å². The lowest BCUT2D eigenvalue weighted by molar-refractivity contribution is 0.373. The van der Waals surface area contributed by atoms with Gasteiger partial charge in [-0.05, 0) is 36.7 Å². The third kappa shape index (κ3) is 4.99. The van der Waals surface area contributed by atoms with E-state index >= 15 is 0 Å². The SMILES string of the molecule is C=C(N)c1ccc(Oc2ccc(CNCCCC)cc2OC)nc1. The molecule has 0 saturated carbocycles. The Labute approximate surface area is 143 Å². The predicted octanol–water partition coefficient (Wildman–Crippen LogP) is 3.70. The van der Waals surface area contributed by atoms with Crippen LogP contribution in [0.3, 0.4) is 0 Å². The fourth-order valence-electron chi connectivity index (χ4n) is 2.18. The maximum absolute atomic E-state index is 5.81. The largest absolute Gasteiger partial charge is 0.493 e. The van der Waals surface area contributed by atoms with Crippen LogP contribution >= 0.6 is 0 Å². The summed E-state index contributed by atoms with van der Waals surface area (Å²) in [5.74, 6) is 1.78. The number of methoxy groups -OCH3 is 1. The minimum atomic E-state index is 0.478. The number of nitrogens with zero attached hydrogens (tertiary/aromatic N) is 1. The standard InChI is InChI=1S/C19H25N3O2/c1-4-5-10-21-12-15-6-8-17(18(11-15)23-3)24-19-9-7-16(13-22-19)14(2)20/h6-9,11,13,21H,2,4-5,10,12,20H2,1,3H3. The van der Waals surface area contributed by atoms with E-state index in [4.69, 9.17) is 15.2 Å². The number of aromatic nitrogens is 1. The molecule has 2 rings (SSSR count). The van der Waals surface area contributed by atoms with Gasteiger partial charge < -0.3 is 20.5 Å². The molecule has 0 fully saturated rings. The highest BCUT2D eigenvalue weighted by molar-refractivity contribution is 5.59. The van der Waals surface area contributed by atoms with Crippen molar-refractivity contribution in [3.05, 3.63) is 54.2 Å². The van der Waals surface area contributed by atoms with Crippen LogP contribution in [0.25, 0.3) is 5.70 Å². The first-order chi connectivity index (χ1) is 11.6. The quantitative estimate of drug-likeness (QED) is 0.687. The lowest BCUT2D eigenvalue weighted by atomic mass is 10.2. The van der Waals surface area contributed by atoms with Crippen LogP contribution in [0.1, 0.15) is 30.9 Å². The Balaban J connectivity index is 2.05. The molecule has 0 aliphatic heterocycles. The smallest absolute Gasteiger partial charge is 0.219 e. The molecule has 24 heavy (non-hydrogen) atoms. The fraction of sp³-hybridized carbons (Fsp3) is 0.316. The van der Waals surface area contributed by atoms with Gasteiger partial charge in [-0.1, -0.05) is 26.0 Å². The summed E-state index contributed by atoms with van der Waals surface area (Å²) in [5, 5.41) is 3.41. The summed E-state index contributed by atoms with van der Waals surface area (Å²) in [6.45, 7) is 7.69. The third-order valence-corrected chi connectivity index (χ3v) is 3.59. The molecule has 0 unspecified atom stereocenters. The molecule has 2 aromatic rings. The zero-order valence-electron chi connectivity index (χ0n) is 14.3. The van der Waals surface area contributed by atoms with Gasteiger partial charge in [-0.25, -0.2) is 4.98 Å². The van der Waals surface area contributed by atoms with Crippen LogP contribution < -0.4 is 20.5 Å². The predicted molar refractivity (Wildman–Crippen MR) is 97.1 cm³/mol. The highest BCUT2D eigenvalue weighted by Crippen LogP contribution is 2.31. The molecular weight excluding hydrogens is 302 g/mol. The number of benzene rings is 1. The number of hydrogen-bond donors (Lipinski definition) is 2. The Kier molecular flexibility index (Phi) is 6.63. The van der Waals surface area contributed by atoms with Crippen molar-refractivity contribution in [1.82, 2.24) is 10.3 Å². The summed E-state index contributed by atoms with van der Waals surface area (Å²) < 4.78 is 11.2. The molecular formula is C19H25N3O2. The van der Waals surface area contributed by atoms with E-state index in [1.165, 1.54) is 12.8 Å². The van der Waals surface area contributed by atoms with Crippen LogP contribution in [0.5, 0.6) is 17.4 Å². The molecule has 1 aromatic heterocycles. The van der Waals surface area contributed by atoms with Crippen molar-refractivity contribution in [2.24, 2.45) is 5.73 Å². The second kappa shape index (κ2) is 8.93. The van der Waals surface area contributed by atoms with E-state index in [0.29, 0.717) is 23.1 Å². The van der Waals surface area contributed by atoms with Crippen molar-refractivity contribution in [2.75, 3.05) is 13.7 Å². The molecule has 5 heteroatoms. The monoisotopic (exact) mass is 327 g/mol. The van der Waals surface area contributed by atoms with Gasteiger partial charge in [-0.2, -0.15) is 0 Å². The van der Waals surface area contributed by atoms with E-state index < -0.39 is 0 Å². The molecule has 3 N–H and O–H groups in total. The van der Waals surface area contributed by atoms with Crippen LogP contribution in [0, 0.1) is 0 Å². The molecule has 128 valence electrons. The topological polar surface area (TPSA) is 69.4 Å². The minimum absolute atomic E-state index is 0.478. The normalized spacial score (nSPS) is 10.4. The average Bonchev–Trinajstić information content (AvgIpc) is 2.60. The summed E-state index contributed by atoms with van der Waals surface area (Å²) in [7, 11) is 1.63. The van der Waals surface area contributed by atoms with E-state index in [2.05, 4.69) is 23.8 Å². The summed E-state index contributed by atoms with van der Waals surface area (Å²) >= 11 is 0. The lowest BCUT2D eigenvalue weighted by Crippen LogP contribution is -2.14. The molecule has 0 bridgehead atoms. The summed E-state index contributed by atoms with van der Waals surface area (Å²) in [6.07, 6.45) is 4.00. The minimum Gasteiger partial charge on any atom is -0.493 e. The first-order valence-corrected chi connectivity index (χ1v) is 8.10. The zero-order chi connectivity index (χ0) is 17.4. The fourth-order valence-corrected chi connectivity index (χ4v) is 2.18. The van der Waals surface area contributed by atoms with Gasteiger partial charge in [0.15, 0.2) is 11.5 Å². The first-order valence-electron chi connectivity index (χ1n) is 8.10. The molecule has 0 aliphatic rings. The molecule has 0 spiro atoms. The van der Waals surface area contributed by atoms with E-state index in [-0.39, 0.29) is 0 Å². The van der Waals surface area contributed by atoms with E-state index in [9.17, 15) is 0 Å². The van der Waals surface area contributed by atoms with Crippen molar-refractivity contribution >= 4 is 5.70 Å². The number of nitrogens with two attached hydrogens (primary N) is 1. The van der Waals surface area contributed by atoms with Crippen molar-refractivity contribution < 1.29 is 9.47 Å². The summed E-state index contributed by atoms with van der Waals surface area (Å²) in [4.78, 5) is 4.23. The summed E-state index contributed by atoms with van der Waals surface area (Å²) in [6, 6.07) is 9.47. The Morgan fingerprint density at radius 1 is 1.25 bits per heavy atom. The number of unbranched alkanes of at least 4 members (excludes halogenated alkanes) is 1. The van der Waals surface area contributed by atoms with Gasteiger partial charge in [0.1, 0.15) is 0 Å². The third-order valence-electron chi connectivity index (χ3n) is 3.59. The van der Waals surface area contributed by atoms with Crippen LogP contribution in [0.2, 0.25) is 0 Å². The maximum atomic E-state index is 5.81. The van der Waals surface area contributed by atoms with Crippen LogP contribution in [-0.2, 0) is 6.54 Å². The number of rotatable bonds is 9. The second-order valence-electron chi connectivity index (χ2n) is 5.53. The molecule has 0 atom stereocenters. The highest BCUT2D eigenvalue weighted by Gasteiger charge is 2.08. The molecule has 1 aromatic carbocycles. The Morgan fingerprint density at radius 2 is 2.08 bits per heavy atom. The van der Waals surface area contributed by atoms with Gasteiger partial charge >= 0.3 is 0 Å². The average molecular weight is 327 g/mol. The second-order valence-corrected chi connectivity index (χ2v) is 5.53. The van der Waals surface area contributed by atoms with Gasteiger partial charge in [0.05, 0.1) is 7.11 Å². The lowest BCUT2D eigenvalue weighted by Gasteiger charge is -2.12. The van der Waals surface area contributed by atoms with Gasteiger partial charge in [-0.15, -0.1) is 0 Å². The van der Waals surface area contributed by atoms with E-state index in [1.807, 2.05) is 24.3 Å². The van der Waals surface area contributed by atoms with Crippen LogP contribution in [0.4, 0.5) is 0 Å². The molecule has 0 radical (unpaired) electrons. The molecule has 0 saturated heterocycles. The van der Waals surface area contributed by atoms with Gasteiger partial charge in [0.2, 0.25) is 5.88 Å². The Bertz CT molecular complexity index is 669. The first kappa shape index (κ1) is 17.8. The number of pyridine rings is 1. The van der Waals surface area contributed by atoms with Crippen molar-refractivity contribution in [2.45, 2.75) is 26.3 Å². The molecule has 5 nitrogen and oxygen atoms in total. The molecule has 1 heterocycles. The van der Waals surface area contributed by atoms with E-state index in [1.54, 1.807) is 19.4 Å². The molecule has 0 amide bonds. The zero-order valence-corrected chi connectivity index (χ0v) is 14.3. The van der Waals surface area contributed by atoms with Crippen LogP contribution in [-0.4, -0.2) is 18.6 Å². The Morgan fingerprint density at radius 3 is 2.71 bits per heavy atom. The number of nitrogens with one attached hydrogen (secondary N) is 1. The van der Waals surface area contributed by atoms with Gasteiger partial charge in [-0.3, -0.25) is 0 Å². The maximum Gasteiger partial charge on any atom is 0.219 e. The van der Waals surface area contributed by atoms with Gasteiger partial charge in [0, 0.05) is 30.1 Å². The number of hydrogen-bond acceptors (Lipinski definition) is 5. The van der Waals surface area contributed by atoms with Crippen molar-refractivity contribution in [3.8, 4) is 17.4 Å². The van der Waals surface area contributed by atoms with Crippen molar-refractivity contribution in [1.29, 1.82) is 0 Å². The molecule has 0 aliphatic carbocycles.